The number of hydrogen-bond donors (Lipinski definition) is 0. The first kappa shape index (κ1) is 19.0. The van der Waals surface area contributed by atoms with E-state index in [0.717, 1.165) is 0 Å². The van der Waals surface area contributed by atoms with Gasteiger partial charge in [0.05, 0.1) is 0 Å². The zero-order valence-electron chi connectivity index (χ0n) is 14.7. The quantitative estimate of drug-likeness (QED) is 0.310. The lowest BCUT2D eigenvalue weighted by Gasteiger charge is -2.02. The summed E-state index contributed by atoms with van der Waals surface area (Å²) in [5.74, 6) is 0. The first-order valence-electron chi connectivity index (χ1n) is 9.56. The van der Waals surface area contributed by atoms with Crippen LogP contribution in [0, 0.1) is 6.07 Å². The average Bonchev–Trinajstić information content (AvgIpc) is 2.56. The number of hydrogen-bond acceptors (Lipinski definition) is 0. The van der Waals surface area contributed by atoms with Crippen molar-refractivity contribution < 1.29 is 0 Å². The largest absolute Gasteiger partial charge is 0.0839 e. The van der Waals surface area contributed by atoms with E-state index in [1.165, 1.54) is 89.0 Å². The van der Waals surface area contributed by atoms with Crippen LogP contribution in [0.4, 0.5) is 0 Å². The van der Waals surface area contributed by atoms with Crippen molar-refractivity contribution in [3.63, 3.8) is 0 Å². The van der Waals surface area contributed by atoms with Gasteiger partial charge in [-0.3, -0.25) is 0 Å². The molecule has 0 saturated heterocycles. The zero-order valence-corrected chi connectivity index (χ0v) is 14.7. The molecule has 0 heteroatoms. The van der Waals surface area contributed by atoms with Crippen LogP contribution in [0.5, 0.6) is 0 Å². The predicted molar refractivity (Wildman–Crippen MR) is 100 cm³/mol. The highest BCUT2D eigenvalue weighted by molar-refractivity contribution is 5.48. The Morgan fingerprint density at radius 2 is 1.23 bits per heavy atom. The molecule has 0 spiro atoms. The molecule has 0 atom stereocenters. The van der Waals surface area contributed by atoms with E-state index in [0.29, 0.717) is 0 Å². The Balaban J connectivity index is 1.79. The summed E-state index contributed by atoms with van der Waals surface area (Å²) in [5.41, 5.74) is 1.29. The van der Waals surface area contributed by atoms with Crippen LogP contribution in [0.1, 0.15) is 96.0 Å². The molecule has 0 nitrogen and oxygen atoms in total. The average molecular weight is 300 g/mol. The highest BCUT2D eigenvalue weighted by atomic mass is 14.0. The third kappa shape index (κ3) is 11.6. The Morgan fingerprint density at radius 3 is 1.77 bits per heavy atom. The van der Waals surface area contributed by atoms with Crippen molar-refractivity contribution >= 4 is 6.08 Å². The van der Waals surface area contributed by atoms with Gasteiger partial charge in [-0.25, -0.2) is 0 Å². The molecular formula is C22H35. The normalized spacial score (nSPS) is 11.3. The molecule has 0 aliphatic rings. The number of rotatable bonds is 14. The van der Waals surface area contributed by atoms with Crippen LogP contribution >= 0.6 is 0 Å². The topological polar surface area (TPSA) is 0 Å². The van der Waals surface area contributed by atoms with E-state index in [1.54, 1.807) is 0 Å². The summed E-state index contributed by atoms with van der Waals surface area (Å²) in [6.07, 6.45) is 22.9. The third-order valence-corrected chi connectivity index (χ3v) is 4.28. The highest BCUT2D eigenvalue weighted by Gasteiger charge is 1.93. The fourth-order valence-corrected chi connectivity index (χ4v) is 2.83. The van der Waals surface area contributed by atoms with Crippen LogP contribution in [0.3, 0.4) is 0 Å². The summed E-state index contributed by atoms with van der Waals surface area (Å²) < 4.78 is 0. The molecule has 0 aromatic heterocycles. The third-order valence-electron chi connectivity index (χ3n) is 4.28. The second kappa shape index (κ2) is 14.9. The summed E-state index contributed by atoms with van der Waals surface area (Å²) in [6.45, 7) is 2.29. The lowest BCUT2D eigenvalue weighted by Crippen LogP contribution is -1.82. The van der Waals surface area contributed by atoms with E-state index in [9.17, 15) is 0 Å². The minimum Gasteiger partial charge on any atom is -0.0839 e. The molecular weight excluding hydrogens is 264 g/mol. The van der Waals surface area contributed by atoms with E-state index in [4.69, 9.17) is 0 Å². The first-order valence-corrected chi connectivity index (χ1v) is 9.56. The summed E-state index contributed by atoms with van der Waals surface area (Å²) >= 11 is 0. The molecule has 0 aliphatic heterocycles. The number of benzene rings is 1. The maximum Gasteiger partial charge on any atom is -0.0184 e. The van der Waals surface area contributed by atoms with Crippen LogP contribution in [-0.4, -0.2) is 0 Å². The number of allylic oxidation sites excluding steroid dienone is 1. The van der Waals surface area contributed by atoms with Crippen molar-refractivity contribution in [1.29, 1.82) is 0 Å². The molecule has 1 rings (SSSR count). The van der Waals surface area contributed by atoms with Crippen LogP contribution in [0.25, 0.3) is 6.08 Å². The molecule has 22 heavy (non-hydrogen) atoms. The molecule has 123 valence electrons. The minimum atomic E-state index is 1.22. The van der Waals surface area contributed by atoms with Gasteiger partial charge in [0.2, 0.25) is 0 Å². The second-order valence-corrected chi connectivity index (χ2v) is 6.41. The van der Waals surface area contributed by atoms with Gasteiger partial charge >= 0.3 is 0 Å². The van der Waals surface area contributed by atoms with E-state index < -0.39 is 0 Å². The molecule has 1 aromatic rings. The van der Waals surface area contributed by atoms with E-state index in [2.05, 4.69) is 37.3 Å². The van der Waals surface area contributed by atoms with Gasteiger partial charge < -0.3 is 0 Å². The van der Waals surface area contributed by atoms with Crippen molar-refractivity contribution in [2.45, 2.75) is 90.4 Å². The van der Waals surface area contributed by atoms with Gasteiger partial charge in [0.1, 0.15) is 0 Å². The van der Waals surface area contributed by atoms with Gasteiger partial charge in [0, 0.05) is 0 Å². The van der Waals surface area contributed by atoms with Gasteiger partial charge in [-0.2, -0.15) is 0 Å². The first-order chi connectivity index (χ1) is 10.9. The SMILES string of the molecule is CCCCCCCCCCCCCCC=Cc1cc[c]cc1. The molecule has 0 heterocycles. The Hall–Kier alpha value is -1.04. The smallest absolute Gasteiger partial charge is 0.0184 e. The summed E-state index contributed by atoms with van der Waals surface area (Å²) in [5, 5.41) is 0. The number of unbranched alkanes of at least 4 members (excludes halogenated alkanes) is 12. The van der Waals surface area contributed by atoms with E-state index >= 15 is 0 Å². The lowest BCUT2D eigenvalue weighted by atomic mass is 10.0. The zero-order chi connectivity index (χ0) is 15.7. The Bertz CT molecular complexity index is 350. The van der Waals surface area contributed by atoms with Crippen molar-refractivity contribution in [3.8, 4) is 0 Å². The molecule has 1 radical (unpaired) electrons. The van der Waals surface area contributed by atoms with Gasteiger partial charge in [-0.1, -0.05) is 114 Å². The van der Waals surface area contributed by atoms with Gasteiger partial charge in [-0.15, -0.1) is 0 Å². The molecule has 0 N–H and O–H groups in total. The monoisotopic (exact) mass is 299 g/mol. The second-order valence-electron chi connectivity index (χ2n) is 6.41. The summed E-state index contributed by atoms with van der Waals surface area (Å²) in [4.78, 5) is 0. The Kier molecular flexibility index (Phi) is 12.9. The maximum absolute atomic E-state index is 3.05. The molecule has 0 fully saturated rings. The fraction of sp³-hybridized carbons (Fsp3) is 0.636. The van der Waals surface area contributed by atoms with Crippen molar-refractivity contribution in [2.24, 2.45) is 0 Å². The summed E-state index contributed by atoms with van der Waals surface area (Å²) in [7, 11) is 0. The van der Waals surface area contributed by atoms with Gasteiger partial charge in [0.25, 0.3) is 0 Å². The molecule has 0 saturated carbocycles. The molecule has 0 bridgehead atoms. The highest BCUT2D eigenvalue weighted by Crippen LogP contribution is 2.12. The van der Waals surface area contributed by atoms with Crippen LogP contribution in [0.2, 0.25) is 0 Å². The minimum absolute atomic E-state index is 1.22. The summed E-state index contributed by atoms with van der Waals surface area (Å²) in [6, 6.07) is 11.2. The van der Waals surface area contributed by atoms with Crippen LogP contribution < -0.4 is 0 Å². The van der Waals surface area contributed by atoms with E-state index in [-0.39, 0.29) is 0 Å². The molecule has 1 aromatic carbocycles. The standard InChI is InChI=1S/C22H35/c1-2-3-4-5-6-7-8-9-10-11-12-13-14-16-19-22-20-17-15-18-21-22/h16-21H,2-14H2,1H3. The van der Waals surface area contributed by atoms with Crippen molar-refractivity contribution in [1.82, 2.24) is 0 Å². The Morgan fingerprint density at radius 1 is 0.727 bits per heavy atom. The van der Waals surface area contributed by atoms with E-state index in [1.807, 2.05) is 12.1 Å². The fourth-order valence-electron chi connectivity index (χ4n) is 2.83. The van der Waals surface area contributed by atoms with Crippen molar-refractivity contribution in [3.05, 3.63) is 42.0 Å². The van der Waals surface area contributed by atoms with Crippen molar-refractivity contribution in [2.75, 3.05) is 0 Å². The maximum atomic E-state index is 3.05. The van der Waals surface area contributed by atoms with Crippen LogP contribution in [-0.2, 0) is 0 Å². The lowest BCUT2D eigenvalue weighted by molar-refractivity contribution is 0.545. The predicted octanol–water partition coefficient (Wildman–Crippen LogP) is 7.59. The molecule has 0 amide bonds. The van der Waals surface area contributed by atoms with Gasteiger partial charge in [-0.05, 0) is 24.5 Å². The van der Waals surface area contributed by atoms with Gasteiger partial charge in [0.15, 0.2) is 0 Å². The molecule has 0 unspecified atom stereocenters. The Labute approximate surface area is 139 Å². The molecule has 0 aliphatic carbocycles. The van der Waals surface area contributed by atoms with Crippen LogP contribution in [0.15, 0.2) is 30.3 Å².